The van der Waals surface area contributed by atoms with E-state index in [1.165, 1.54) is 16.2 Å². The third kappa shape index (κ3) is 3.88. The third-order valence-electron chi connectivity index (χ3n) is 4.36. The zero-order valence-corrected chi connectivity index (χ0v) is 16.2. The van der Waals surface area contributed by atoms with Crippen molar-refractivity contribution in [3.8, 4) is 0 Å². The van der Waals surface area contributed by atoms with Crippen molar-refractivity contribution in [1.29, 1.82) is 0 Å². The Morgan fingerprint density at radius 2 is 1.88 bits per heavy atom. The minimum absolute atomic E-state index is 0. The van der Waals surface area contributed by atoms with Crippen molar-refractivity contribution in [1.82, 2.24) is 10.2 Å². The number of halogens is 1. The first kappa shape index (κ1) is 18.7. The lowest BCUT2D eigenvalue weighted by molar-refractivity contribution is -0.147. The number of anilines is 1. The minimum atomic E-state index is -0.0652. The van der Waals surface area contributed by atoms with Crippen LogP contribution in [0.4, 0.5) is 5.69 Å². The fourth-order valence-electron chi connectivity index (χ4n) is 3.18. The van der Waals surface area contributed by atoms with Crippen molar-refractivity contribution in [2.75, 3.05) is 31.6 Å². The molecule has 2 amide bonds. The van der Waals surface area contributed by atoms with Crippen LogP contribution in [0.2, 0.25) is 0 Å². The minimum Gasteiger partial charge on any atom is -0.354 e. The monoisotopic (exact) mass is 442 g/mol. The number of amides is 2. The number of imide groups is 1. The van der Waals surface area contributed by atoms with E-state index in [0.29, 0.717) is 32.4 Å². The number of fused-ring (bicyclic) bond motifs is 1. The van der Waals surface area contributed by atoms with Crippen molar-refractivity contribution in [2.45, 2.75) is 25.7 Å². The van der Waals surface area contributed by atoms with Gasteiger partial charge in [-0.1, -0.05) is 18.2 Å². The van der Waals surface area contributed by atoms with Crippen molar-refractivity contribution in [2.24, 2.45) is 4.99 Å². The van der Waals surface area contributed by atoms with Gasteiger partial charge in [-0.3, -0.25) is 19.5 Å². The lowest BCUT2D eigenvalue weighted by Crippen LogP contribution is -2.47. The quantitative estimate of drug-likeness (QED) is 0.336. The van der Waals surface area contributed by atoms with Gasteiger partial charge in [0.2, 0.25) is 11.8 Å². The summed E-state index contributed by atoms with van der Waals surface area (Å²) in [5.74, 6) is 0.654. The van der Waals surface area contributed by atoms with Crippen LogP contribution in [-0.2, 0) is 16.0 Å². The normalized spacial score (nSPS) is 17.6. The van der Waals surface area contributed by atoms with E-state index in [-0.39, 0.29) is 35.8 Å². The molecule has 0 radical (unpaired) electrons. The van der Waals surface area contributed by atoms with Crippen LogP contribution in [-0.4, -0.2) is 49.4 Å². The smallest absolute Gasteiger partial charge is 0.229 e. The summed E-state index contributed by atoms with van der Waals surface area (Å²) < 4.78 is 0. The Labute approximate surface area is 159 Å². The van der Waals surface area contributed by atoms with Crippen molar-refractivity contribution < 1.29 is 9.59 Å². The molecule has 7 heteroatoms. The number of benzene rings is 1. The molecule has 6 nitrogen and oxygen atoms in total. The number of nitrogens with zero attached hydrogens (tertiary/aromatic N) is 3. The van der Waals surface area contributed by atoms with Crippen LogP contribution in [0.15, 0.2) is 29.3 Å². The Hall–Kier alpha value is -1.64. The van der Waals surface area contributed by atoms with E-state index >= 15 is 0 Å². The Balaban J connectivity index is 0.00000208. The zero-order valence-electron chi connectivity index (χ0n) is 13.8. The molecule has 0 aliphatic carbocycles. The molecule has 1 fully saturated rings. The first-order valence-electron chi connectivity index (χ1n) is 8.10. The fourth-order valence-corrected chi connectivity index (χ4v) is 3.18. The van der Waals surface area contributed by atoms with Gasteiger partial charge >= 0.3 is 0 Å². The molecule has 0 bridgehead atoms. The summed E-state index contributed by atoms with van der Waals surface area (Å²) >= 11 is 0. The number of aliphatic imine (C=N–C) groups is 1. The lowest BCUT2D eigenvalue weighted by Gasteiger charge is -2.27. The average molecular weight is 442 g/mol. The van der Waals surface area contributed by atoms with Gasteiger partial charge in [-0.25, -0.2) is 0 Å². The van der Waals surface area contributed by atoms with Crippen LogP contribution in [0.5, 0.6) is 0 Å². The lowest BCUT2D eigenvalue weighted by atomic mass is 10.1. The highest BCUT2D eigenvalue weighted by atomic mass is 127. The predicted molar refractivity (Wildman–Crippen MR) is 105 cm³/mol. The highest BCUT2D eigenvalue weighted by Gasteiger charge is 2.26. The molecule has 130 valence electrons. The number of rotatable bonds is 3. The Bertz CT molecular complexity index is 631. The van der Waals surface area contributed by atoms with Crippen molar-refractivity contribution in [3.63, 3.8) is 0 Å². The second-order valence-corrected chi connectivity index (χ2v) is 5.80. The second-order valence-electron chi connectivity index (χ2n) is 5.80. The zero-order chi connectivity index (χ0) is 16.2. The topological polar surface area (TPSA) is 65.0 Å². The second kappa shape index (κ2) is 8.46. The first-order valence-corrected chi connectivity index (χ1v) is 8.10. The highest BCUT2D eigenvalue weighted by molar-refractivity contribution is 14.0. The third-order valence-corrected chi connectivity index (χ3v) is 4.36. The number of guanidine groups is 1. The van der Waals surface area contributed by atoms with Crippen LogP contribution in [0.25, 0.3) is 0 Å². The number of likely N-dealkylation sites (tertiary alicyclic amines) is 1. The van der Waals surface area contributed by atoms with Crippen molar-refractivity contribution in [3.05, 3.63) is 29.8 Å². The predicted octanol–water partition coefficient (Wildman–Crippen LogP) is 1.78. The van der Waals surface area contributed by atoms with E-state index in [2.05, 4.69) is 27.3 Å². The number of piperidine rings is 1. The van der Waals surface area contributed by atoms with Gasteiger partial charge in [0.1, 0.15) is 0 Å². The Kier molecular flexibility index (Phi) is 6.59. The summed E-state index contributed by atoms with van der Waals surface area (Å²) in [6, 6.07) is 8.29. The maximum absolute atomic E-state index is 11.8. The summed E-state index contributed by atoms with van der Waals surface area (Å²) in [5.41, 5.74) is 2.49. The van der Waals surface area contributed by atoms with Gasteiger partial charge in [0.15, 0.2) is 5.96 Å². The number of nitrogens with one attached hydrogen (secondary N) is 1. The number of para-hydroxylation sites is 1. The summed E-state index contributed by atoms with van der Waals surface area (Å²) in [4.78, 5) is 31.5. The summed E-state index contributed by atoms with van der Waals surface area (Å²) in [6.07, 6.45) is 2.62. The Morgan fingerprint density at radius 1 is 1.17 bits per heavy atom. The summed E-state index contributed by atoms with van der Waals surface area (Å²) in [6.45, 7) is 1.80. The van der Waals surface area contributed by atoms with Crippen LogP contribution < -0.4 is 10.2 Å². The largest absolute Gasteiger partial charge is 0.354 e. The molecule has 2 aliphatic rings. The van der Waals surface area contributed by atoms with Crippen LogP contribution >= 0.6 is 24.0 Å². The average Bonchev–Trinajstić information content (AvgIpc) is 2.98. The van der Waals surface area contributed by atoms with Gasteiger partial charge in [-0.05, 0) is 24.5 Å². The molecule has 0 aromatic heterocycles. The van der Waals surface area contributed by atoms with E-state index < -0.39 is 0 Å². The fraction of sp³-hybridized carbons (Fsp3) is 0.471. The number of carbonyl (C=O) groups excluding carboxylic acids is 2. The molecule has 1 aromatic carbocycles. The van der Waals surface area contributed by atoms with Crippen molar-refractivity contribution >= 4 is 47.4 Å². The molecule has 2 aliphatic heterocycles. The molecule has 0 saturated carbocycles. The molecule has 1 N–H and O–H groups in total. The number of hydrogen-bond acceptors (Lipinski definition) is 3. The SMILES string of the molecule is CN=C(NCCN1C(=O)CCCC1=O)N1CCc2ccccc21.I. The number of hydrogen-bond donors (Lipinski definition) is 1. The van der Waals surface area contributed by atoms with Gasteiger partial charge in [0.25, 0.3) is 0 Å². The van der Waals surface area contributed by atoms with Crippen LogP contribution in [0.1, 0.15) is 24.8 Å². The number of carbonyl (C=O) groups is 2. The van der Waals surface area contributed by atoms with E-state index in [1.54, 1.807) is 7.05 Å². The molecule has 0 unspecified atom stereocenters. The van der Waals surface area contributed by atoms with E-state index in [9.17, 15) is 9.59 Å². The van der Waals surface area contributed by atoms with E-state index in [0.717, 1.165) is 18.9 Å². The van der Waals surface area contributed by atoms with Gasteiger partial charge in [-0.15, -0.1) is 24.0 Å². The molecule has 0 atom stereocenters. The molecule has 1 aromatic rings. The van der Waals surface area contributed by atoms with Crippen LogP contribution in [0, 0.1) is 0 Å². The molecule has 3 rings (SSSR count). The summed E-state index contributed by atoms with van der Waals surface area (Å²) in [5, 5.41) is 3.27. The molecule has 0 spiro atoms. The van der Waals surface area contributed by atoms with Gasteiger partial charge in [-0.2, -0.15) is 0 Å². The maximum Gasteiger partial charge on any atom is 0.229 e. The highest BCUT2D eigenvalue weighted by Crippen LogP contribution is 2.27. The van der Waals surface area contributed by atoms with Gasteiger partial charge in [0.05, 0.1) is 0 Å². The molecule has 24 heavy (non-hydrogen) atoms. The van der Waals surface area contributed by atoms with E-state index in [1.807, 2.05) is 12.1 Å². The molecular weight excluding hydrogens is 419 g/mol. The van der Waals surface area contributed by atoms with Gasteiger partial charge < -0.3 is 10.2 Å². The van der Waals surface area contributed by atoms with Gasteiger partial charge in [0, 0.05) is 45.2 Å². The summed E-state index contributed by atoms with van der Waals surface area (Å²) in [7, 11) is 1.75. The maximum atomic E-state index is 11.8. The first-order chi connectivity index (χ1) is 11.2. The molecule has 2 heterocycles. The Morgan fingerprint density at radius 3 is 2.58 bits per heavy atom. The van der Waals surface area contributed by atoms with Crippen LogP contribution in [0.3, 0.4) is 0 Å². The standard InChI is InChI=1S/C17H22N4O2.HI/c1-18-17(20-11-9-13-5-2-3-6-14(13)20)19-10-12-21-15(22)7-4-8-16(21)23;/h2-3,5-6H,4,7-12H2,1H3,(H,18,19);1H. The van der Waals surface area contributed by atoms with E-state index in [4.69, 9.17) is 0 Å². The molecular formula is C17H23IN4O2. The molecule has 1 saturated heterocycles.